The Morgan fingerprint density at radius 2 is 1.79 bits per heavy atom. The topological polar surface area (TPSA) is 69.4 Å². The molecule has 3 saturated carbocycles. The largest absolute Gasteiger partial charge is 0.462 e. The van der Waals surface area contributed by atoms with Crippen LogP contribution in [-0.2, 0) is 9.53 Å². The fourth-order valence-corrected chi connectivity index (χ4v) is 9.29. The molecular formula is C29H47NO4. The zero-order chi connectivity index (χ0) is 24.8. The molecule has 0 amide bonds. The quantitative estimate of drug-likeness (QED) is 0.217. The summed E-state index contributed by atoms with van der Waals surface area (Å²) < 4.78 is 5.53. The zero-order valence-corrected chi connectivity index (χ0v) is 22.4. The molecule has 8 atom stereocenters. The summed E-state index contributed by atoms with van der Waals surface area (Å²) in [6.45, 7) is 13.4. The lowest BCUT2D eigenvalue weighted by atomic mass is 9.46. The van der Waals surface area contributed by atoms with Gasteiger partial charge in [0.25, 0.3) is 0 Å². The number of carbonyl (C=O) groups excluding carboxylic acids is 1. The molecule has 0 unspecified atom stereocenters. The number of fused-ring (bicyclic) bond motifs is 5. The number of allylic oxidation sites excluding steroid dienone is 1. The van der Waals surface area contributed by atoms with Crippen molar-refractivity contribution in [3.05, 3.63) is 21.4 Å². The Kier molecular flexibility index (Phi) is 7.24. The van der Waals surface area contributed by atoms with E-state index in [-0.39, 0.29) is 22.4 Å². The molecule has 3 fully saturated rings. The second-order valence-corrected chi connectivity index (χ2v) is 13.2. The highest BCUT2D eigenvalue weighted by molar-refractivity contribution is 5.66. The molecule has 0 bridgehead atoms. The highest BCUT2D eigenvalue weighted by Crippen LogP contribution is 2.68. The molecule has 0 aromatic rings. The Morgan fingerprint density at radius 3 is 2.44 bits per heavy atom. The van der Waals surface area contributed by atoms with Crippen LogP contribution in [0.15, 0.2) is 11.3 Å². The van der Waals surface area contributed by atoms with E-state index in [9.17, 15) is 14.9 Å². The van der Waals surface area contributed by atoms with E-state index in [2.05, 4.69) is 34.6 Å². The molecule has 4 aliphatic rings. The first-order valence-corrected chi connectivity index (χ1v) is 14.0. The summed E-state index contributed by atoms with van der Waals surface area (Å²) >= 11 is 0. The third kappa shape index (κ3) is 4.46. The predicted octanol–water partition coefficient (Wildman–Crippen LogP) is 7.56. The van der Waals surface area contributed by atoms with Crippen LogP contribution in [0.1, 0.15) is 112 Å². The van der Waals surface area contributed by atoms with Crippen molar-refractivity contribution in [2.24, 2.45) is 46.3 Å². The summed E-state index contributed by atoms with van der Waals surface area (Å²) in [7, 11) is 0. The van der Waals surface area contributed by atoms with Gasteiger partial charge in [-0.3, -0.25) is 14.9 Å². The number of nitro groups is 1. The van der Waals surface area contributed by atoms with E-state index >= 15 is 0 Å². The van der Waals surface area contributed by atoms with E-state index in [0.717, 1.165) is 36.2 Å². The number of hydrogen-bond donors (Lipinski definition) is 0. The Balaban J connectivity index is 1.58. The minimum absolute atomic E-state index is 0.0904. The van der Waals surface area contributed by atoms with E-state index in [1.165, 1.54) is 51.9 Å². The van der Waals surface area contributed by atoms with E-state index in [0.29, 0.717) is 41.7 Å². The molecule has 34 heavy (non-hydrogen) atoms. The number of carbonyl (C=O) groups is 1. The Labute approximate surface area is 206 Å². The number of rotatable bonds is 7. The lowest BCUT2D eigenvalue weighted by molar-refractivity contribution is -0.434. The number of esters is 1. The molecule has 0 saturated heterocycles. The fraction of sp³-hybridized carbons (Fsp3) is 0.897. The van der Waals surface area contributed by atoms with Crippen LogP contribution in [0.4, 0.5) is 0 Å². The summed E-state index contributed by atoms with van der Waals surface area (Å²) in [5.74, 6) is 3.53. The zero-order valence-electron chi connectivity index (χ0n) is 22.4. The molecule has 5 nitrogen and oxygen atoms in total. The van der Waals surface area contributed by atoms with Crippen LogP contribution < -0.4 is 0 Å². The molecule has 4 aliphatic carbocycles. The van der Waals surface area contributed by atoms with E-state index in [1.807, 2.05) is 0 Å². The molecular weight excluding hydrogens is 426 g/mol. The standard InChI is InChI=1S/C29H47NO4/c1-18(2)8-7-9-19(3)23-10-11-24-22-17-27(30(32)33)26-16-21(34-20(4)31)12-14-29(26,6)25(22)13-15-28(23,24)5/h18-19,21-25H,7-17H2,1-6H3/t19-,21-,22-,23+,24-,25-,28+,29+/m0/s1. The van der Waals surface area contributed by atoms with Gasteiger partial charge in [-0.2, -0.15) is 0 Å². The Hall–Kier alpha value is -1.39. The van der Waals surface area contributed by atoms with Gasteiger partial charge in [-0.1, -0.05) is 53.9 Å². The average Bonchev–Trinajstić information content (AvgIpc) is 3.10. The molecule has 4 rings (SSSR count). The predicted molar refractivity (Wildman–Crippen MR) is 135 cm³/mol. The van der Waals surface area contributed by atoms with Gasteiger partial charge in [-0.15, -0.1) is 0 Å². The van der Waals surface area contributed by atoms with Gasteiger partial charge in [-0.25, -0.2) is 0 Å². The first-order chi connectivity index (χ1) is 16.0. The smallest absolute Gasteiger partial charge is 0.302 e. The average molecular weight is 474 g/mol. The van der Waals surface area contributed by atoms with Gasteiger partial charge in [0.2, 0.25) is 5.70 Å². The van der Waals surface area contributed by atoms with Crippen molar-refractivity contribution in [2.75, 3.05) is 0 Å². The molecule has 5 heteroatoms. The lowest BCUT2D eigenvalue weighted by Gasteiger charge is -2.58. The highest BCUT2D eigenvalue weighted by Gasteiger charge is 2.61. The van der Waals surface area contributed by atoms with Crippen LogP contribution in [0.25, 0.3) is 0 Å². The number of hydrogen-bond acceptors (Lipinski definition) is 4. The molecule has 0 radical (unpaired) electrons. The van der Waals surface area contributed by atoms with Crippen LogP contribution in [0, 0.1) is 56.5 Å². The monoisotopic (exact) mass is 473 g/mol. The second kappa shape index (κ2) is 9.58. The van der Waals surface area contributed by atoms with Crippen molar-refractivity contribution in [3.63, 3.8) is 0 Å². The van der Waals surface area contributed by atoms with Gasteiger partial charge >= 0.3 is 5.97 Å². The molecule has 0 spiro atoms. The third-order valence-electron chi connectivity index (χ3n) is 10.9. The van der Waals surface area contributed by atoms with Crippen LogP contribution in [0.5, 0.6) is 0 Å². The first kappa shape index (κ1) is 25.7. The molecule has 0 heterocycles. The van der Waals surface area contributed by atoms with E-state index < -0.39 is 0 Å². The van der Waals surface area contributed by atoms with Gasteiger partial charge < -0.3 is 4.74 Å². The molecule has 192 valence electrons. The van der Waals surface area contributed by atoms with E-state index in [4.69, 9.17) is 4.74 Å². The molecule has 0 N–H and O–H groups in total. The van der Waals surface area contributed by atoms with Crippen molar-refractivity contribution >= 4 is 5.97 Å². The molecule has 0 aliphatic heterocycles. The SMILES string of the molecule is CC(=O)O[C@H]1CC[C@@]2(C)C(=C([N+](=O)[O-])C[C@H]3[C@@H]4CC[C@H]([C@@H](C)CCCC(C)C)[C@@]4(C)CC[C@@H]32)C1. The summed E-state index contributed by atoms with van der Waals surface area (Å²) in [4.78, 5) is 23.8. The minimum Gasteiger partial charge on any atom is -0.462 e. The normalized spacial score (nSPS) is 40.4. The Morgan fingerprint density at radius 1 is 1.06 bits per heavy atom. The number of nitrogens with zero attached hydrogens (tertiary/aromatic N) is 1. The van der Waals surface area contributed by atoms with Crippen molar-refractivity contribution < 1.29 is 14.5 Å². The van der Waals surface area contributed by atoms with Gasteiger partial charge in [0.15, 0.2) is 0 Å². The summed E-state index contributed by atoms with van der Waals surface area (Å²) in [5.41, 5.74) is 1.66. The van der Waals surface area contributed by atoms with Gasteiger partial charge in [0.05, 0.1) is 4.92 Å². The van der Waals surface area contributed by atoms with Gasteiger partial charge in [0, 0.05) is 25.3 Å². The Bertz CT molecular complexity index is 834. The van der Waals surface area contributed by atoms with Crippen molar-refractivity contribution in [1.82, 2.24) is 0 Å². The summed E-state index contributed by atoms with van der Waals surface area (Å²) in [6.07, 6.45) is 11.6. The summed E-state index contributed by atoms with van der Waals surface area (Å²) in [5, 5.41) is 12.3. The molecule has 0 aromatic heterocycles. The maximum atomic E-state index is 12.3. The second-order valence-electron chi connectivity index (χ2n) is 13.2. The van der Waals surface area contributed by atoms with Crippen molar-refractivity contribution in [3.8, 4) is 0 Å². The number of ether oxygens (including phenoxy) is 1. The maximum absolute atomic E-state index is 12.3. The summed E-state index contributed by atoms with van der Waals surface area (Å²) in [6, 6.07) is 0. The van der Waals surface area contributed by atoms with Crippen LogP contribution in [-0.4, -0.2) is 17.0 Å². The molecule has 0 aromatic carbocycles. The van der Waals surface area contributed by atoms with Gasteiger partial charge in [-0.05, 0) is 84.9 Å². The lowest BCUT2D eigenvalue weighted by Crippen LogP contribution is -2.52. The fourth-order valence-electron chi connectivity index (χ4n) is 9.29. The third-order valence-corrected chi connectivity index (χ3v) is 10.9. The highest BCUT2D eigenvalue weighted by atomic mass is 16.6. The van der Waals surface area contributed by atoms with Crippen molar-refractivity contribution in [1.29, 1.82) is 0 Å². The van der Waals surface area contributed by atoms with E-state index in [1.54, 1.807) is 0 Å². The van der Waals surface area contributed by atoms with Crippen molar-refractivity contribution in [2.45, 2.75) is 118 Å². The van der Waals surface area contributed by atoms with Crippen LogP contribution >= 0.6 is 0 Å². The van der Waals surface area contributed by atoms with Gasteiger partial charge in [0.1, 0.15) is 6.10 Å². The van der Waals surface area contributed by atoms with Crippen LogP contribution in [0.3, 0.4) is 0 Å². The first-order valence-electron chi connectivity index (χ1n) is 14.0. The minimum atomic E-state index is -0.279. The van der Waals surface area contributed by atoms with Crippen LogP contribution in [0.2, 0.25) is 0 Å². The maximum Gasteiger partial charge on any atom is 0.302 e.